The number of hydrogen-bond donors (Lipinski definition) is 1. The fourth-order valence-electron chi connectivity index (χ4n) is 2.13. The van der Waals surface area contributed by atoms with Gasteiger partial charge in [0.2, 0.25) is 10.0 Å². The average Bonchev–Trinajstić information content (AvgIpc) is 2.32. The molecular weight excluding hydrogens is 269 g/mol. The minimum atomic E-state index is -3.65. The minimum absolute atomic E-state index is 0.0225. The molecule has 5 nitrogen and oxygen atoms in total. The smallest absolute Gasteiger partial charge is 0.245 e. The lowest BCUT2D eigenvalue weighted by Crippen LogP contribution is -2.51. The van der Waals surface area contributed by atoms with Crippen LogP contribution in [0.2, 0.25) is 0 Å². The van der Waals surface area contributed by atoms with Crippen LogP contribution in [0.5, 0.6) is 0 Å². The van der Waals surface area contributed by atoms with E-state index in [0.717, 1.165) is 12.1 Å². The molecule has 0 radical (unpaired) electrons. The summed E-state index contributed by atoms with van der Waals surface area (Å²) in [5, 5.41) is 0. The number of benzene rings is 1. The number of nitrogen functional groups attached to an aromatic ring is 1. The summed E-state index contributed by atoms with van der Waals surface area (Å²) in [5.41, 5.74) is 5.57. The Kier molecular flexibility index (Phi) is 3.80. The van der Waals surface area contributed by atoms with E-state index in [1.807, 2.05) is 14.0 Å². The second-order valence-electron chi connectivity index (χ2n) is 4.87. The van der Waals surface area contributed by atoms with Gasteiger partial charge in [-0.05, 0) is 32.2 Å². The number of nitrogens with two attached hydrogens (primary N) is 1. The van der Waals surface area contributed by atoms with Crippen LogP contribution in [0.3, 0.4) is 0 Å². The second kappa shape index (κ2) is 5.07. The topological polar surface area (TPSA) is 66.6 Å². The van der Waals surface area contributed by atoms with Gasteiger partial charge in [-0.15, -0.1) is 0 Å². The summed E-state index contributed by atoms with van der Waals surface area (Å²) in [6, 6.07) is 3.52. The van der Waals surface area contributed by atoms with Crippen LogP contribution in [0, 0.1) is 5.82 Å². The molecule has 0 aliphatic carbocycles. The third-order valence-corrected chi connectivity index (χ3v) is 5.45. The molecule has 1 saturated heterocycles. The fourth-order valence-corrected chi connectivity index (χ4v) is 3.74. The van der Waals surface area contributed by atoms with Crippen molar-refractivity contribution < 1.29 is 12.8 Å². The zero-order valence-electron chi connectivity index (χ0n) is 11.0. The van der Waals surface area contributed by atoms with Gasteiger partial charge in [-0.2, -0.15) is 4.31 Å². The third kappa shape index (κ3) is 2.72. The Hall–Kier alpha value is -1.18. The van der Waals surface area contributed by atoms with Crippen molar-refractivity contribution in [3.05, 3.63) is 24.0 Å². The summed E-state index contributed by atoms with van der Waals surface area (Å²) < 4.78 is 39.4. The minimum Gasteiger partial charge on any atom is -0.398 e. The van der Waals surface area contributed by atoms with Crippen LogP contribution >= 0.6 is 0 Å². The van der Waals surface area contributed by atoms with E-state index in [1.165, 1.54) is 10.4 Å². The molecule has 1 fully saturated rings. The largest absolute Gasteiger partial charge is 0.398 e. The molecule has 1 aliphatic heterocycles. The van der Waals surface area contributed by atoms with Crippen LogP contribution in [-0.2, 0) is 10.0 Å². The molecule has 1 atom stereocenters. The molecule has 2 N–H and O–H groups in total. The Balaban J connectivity index is 2.32. The number of hydrogen-bond acceptors (Lipinski definition) is 4. The maximum absolute atomic E-state index is 13.0. The van der Waals surface area contributed by atoms with E-state index in [1.54, 1.807) is 0 Å². The van der Waals surface area contributed by atoms with Crippen LogP contribution in [0.25, 0.3) is 0 Å². The van der Waals surface area contributed by atoms with Gasteiger partial charge in [0.25, 0.3) is 0 Å². The number of rotatable bonds is 2. The Labute approximate surface area is 112 Å². The first-order chi connectivity index (χ1) is 8.82. The molecule has 1 aromatic carbocycles. The quantitative estimate of drug-likeness (QED) is 0.815. The van der Waals surface area contributed by atoms with Gasteiger partial charge < -0.3 is 10.6 Å². The lowest BCUT2D eigenvalue weighted by atomic mass is 10.2. The highest BCUT2D eigenvalue weighted by Gasteiger charge is 2.31. The molecule has 2 rings (SSSR count). The lowest BCUT2D eigenvalue weighted by Gasteiger charge is -2.36. The van der Waals surface area contributed by atoms with Gasteiger partial charge >= 0.3 is 0 Å². The van der Waals surface area contributed by atoms with Crippen LogP contribution in [0.4, 0.5) is 10.1 Å². The molecule has 0 bridgehead atoms. The van der Waals surface area contributed by atoms with Gasteiger partial charge in [-0.25, -0.2) is 12.8 Å². The molecule has 106 valence electrons. The second-order valence-corrected chi connectivity index (χ2v) is 6.78. The normalized spacial score (nSPS) is 22.6. The molecule has 0 aromatic heterocycles. The standard InChI is InChI=1S/C12H18FN3O2S/c1-9-8-16(6-5-15(9)2)19(17,18)12-4-3-10(13)7-11(12)14/h3-4,7,9H,5-6,8,14H2,1-2H3. The van der Waals surface area contributed by atoms with E-state index in [4.69, 9.17) is 5.73 Å². The summed E-state index contributed by atoms with van der Waals surface area (Å²) in [7, 11) is -1.69. The Morgan fingerprint density at radius 2 is 2.05 bits per heavy atom. The van der Waals surface area contributed by atoms with Crippen molar-refractivity contribution in [2.45, 2.75) is 17.9 Å². The summed E-state index contributed by atoms with van der Waals surface area (Å²) in [6.45, 7) is 3.47. The first-order valence-corrected chi connectivity index (χ1v) is 7.52. The number of sulfonamides is 1. The van der Waals surface area contributed by atoms with Crippen LogP contribution in [0.15, 0.2) is 23.1 Å². The van der Waals surface area contributed by atoms with E-state index >= 15 is 0 Å². The molecule has 0 spiro atoms. The predicted octanol–water partition coefficient (Wildman–Crippen LogP) is 0.733. The van der Waals surface area contributed by atoms with E-state index in [9.17, 15) is 12.8 Å². The van der Waals surface area contributed by atoms with Crippen LogP contribution in [0.1, 0.15) is 6.92 Å². The molecule has 1 heterocycles. The fraction of sp³-hybridized carbons (Fsp3) is 0.500. The molecule has 0 saturated carbocycles. The highest BCUT2D eigenvalue weighted by atomic mass is 32.2. The molecule has 1 aromatic rings. The van der Waals surface area contributed by atoms with Gasteiger partial charge in [0, 0.05) is 25.7 Å². The van der Waals surface area contributed by atoms with Crippen molar-refractivity contribution in [3.63, 3.8) is 0 Å². The molecular formula is C12H18FN3O2S. The van der Waals surface area contributed by atoms with Gasteiger partial charge in [-0.1, -0.05) is 0 Å². The van der Waals surface area contributed by atoms with Gasteiger partial charge in [-0.3, -0.25) is 0 Å². The van der Waals surface area contributed by atoms with Gasteiger partial charge in [0.15, 0.2) is 0 Å². The average molecular weight is 287 g/mol. The van der Waals surface area contributed by atoms with Crippen molar-refractivity contribution in [3.8, 4) is 0 Å². The van der Waals surface area contributed by atoms with Crippen LogP contribution < -0.4 is 5.73 Å². The Bertz CT molecular complexity index is 576. The molecule has 0 amide bonds. The van der Waals surface area contributed by atoms with Crippen molar-refractivity contribution >= 4 is 15.7 Å². The first kappa shape index (κ1) is 14.2. The SMILES string of the molecule is CC1CN(S(=O)(=O)c2ccc(F)cc2N)CCN1C. The Morgan fingerprint density at radius 3 is 2.63 bits per heavy atom. The zero-order valence-corrected chi connectivity index (χ0v) is 11.8. The van der Waals surface area contributed by atoms with E-state index in [-0.39, 0.29) is 16.6 Å². The number of likely N-dealkylation sites (N-methyl/N-ethyl adjacent to an activating group) is 1. The molecule has 1 aliphatic rings. The van der Waals surface area contributed by atoms with E-state index < -0.39 is 15.8 Å². The molecule has 19 heavy (non-hydrogen) atoms. The van der Waals surface area contributed by atoms with E-state index in [0.29, 0.717) is 19.6 Å². The monoisotopic (exact) mass is 287 g/mol. The maximum atomic E-state index is 13.0. The summed E-state index contributed by atoms with van der Waals surface area (Å²) in [5.74, 6) is -0.539. The number of anilines is 1. The Morgan fingerprint density at radius 1 is 1.37 bits per heavy atom. The first-order valence-electron chi connectivity index (χ1n) is 6.08. The number of halogens is 1. The third-order valence-electron chi connectivity index (χ3n) is 3.51. The molecule has 1 unspecified atom stereocenters. The van der Waals surface area contributed by atoms with Crippen molar-refractivity contribution in [2.75, 3.05) is 32.4 Å². The van der Waals surface area contributed by atoms with E-state index in [2.05, 4.69) is 4.90 Å². The van der Waals surface area contributed by atoms with Crippen molar-refractivity contribution in [2.24, 2.45) is 0 Å². The van der Waals surface area contributed by atoms with Crippen molar-refractivity contribution in [1.82, 2.24) is 9.21 Å². The summed E-state index contributed by atoms with van der Waals surface area (Å²) in [6.07, 6.45) is 0. The highest BCUT2D eigenvalue weighted by Crippen LogP contribution is 2.24. The van der Waals surface area contributed by atoms with Crippen LogP contribution in [-0.4, -0.2) is 50.3 Å². The highest BCUT2D eigenvalue weighted by molar-refractivity contribution is 7.89. The number of nitrogens with zero attached hydrogens (tertiary/aromatic N) is 2. The summed E-state index contributed by atoms with van der Waals surface area (Å²) in [4.78, 5) is 2.07. The summed E-state index contributed by atoms with van der Waals surface area (Å²) >= 11 is 0. The predicted molar refractivity (Wildman–Crippen MR) is 71.7 cm³/mol. The molecule has 7 heteroatoms. The van der Waals surface area contributed by atoms with Gasteiger partial charge in [0.05, 0.1) is 5.69 Å². The van der Waals surface area contributed by atoms with Gasteiger partial charge in [0.1, 0.15) is 10.7 Å². The number of piperazine rings is 1. The zero-order chi connectivity index (χ0) is 14.2. The lowest BCUT2D eigenvalue weighted by molar-refractivity contribution is 0.159. The maximum Gasteiger partial charge on any atom is 0.245 e. The van der Waals surface area contributed by atoms with Crippen molar-refractivity contribution in [1.29, 1.82) is 0 Å².